The van der Waals surface area contributed by atoms with Gasteiger partial charge in [0.15, 0.2) is 11.5 Å². The van der Waals surface area contributed by atoms with Gasteiger partial charge in [-0.05, 0) is 31.8 Å². The zero-order chi connectivity index (χ0) is 13.9. The van der Waals surface area contributed by atoms with E-state index in [4.69, 9.17) is 4.74 Å². The Bertz CT molecular complexity index is 454. The van der Waals surface area contributed by atoms with Crippen LogP contribution in [0.3, 0.4) is 0 Å². The van der Waals surface area contributed by atoms with Gasteiger partial charge < -0.3 is 10.1 Å². The number of piperidine rings is 1. The summed E-state index contributed by atoms with van der Waals surface area (Å²) >= 11 is 0. The number of hydrogen-bond acceptors (Lipinski definition) is 5. The molecule has 2 heterocycles. The van der Waals surface area contributed by atoms with Gasteiger partial charge in [-0.1, -0.05) is 13.8 Å². The lowest BCUT2D eigenvalue weighted by Crippen LogP contribution is -2.42. The summed E-state index contributed by atoms with van der Waals surface area (Å²) in [7, 11) is 1.51. The van der Waals surface area contributed by atoms with E-state index >= 15 is 0 Å². The van der Waals surface area contributed by atoms with Crippen LogP contribution in [0.15, 0.2) is 12.4 Å². The molecule has 1 saturated heterocycles. The SMILES string of the molecule is COc1nccnc1C(=O)C(C)(C)C1CCCNC1. The number of ether oxygens (including phenoxy) is 1. The highest BCUT2D eigenvalue weighted by Gasteiger charge is 2.39. The monoisotopic (exact) mass is 263 g/mol. The summed E-state index contributed by atoms with van der Waals surface area (Å²) in [5.41, 5.74) is -0.128. The lowest BCUT2D eigenvalue weighted by atomic mass is 9.71. The van der Waals surface area contributed by atoms with Gasteiger partial charge in [0.1, 0.15) is 0 Å². The van der Waals surface area contributed by atoms with Gasteiger partial charge in [-0.15, -0.1) is 0 Å². The van der Waals surface area contributed by atoms with Gasteiger partial charge in [-0.2, -0.15) is 0 Å². The predicted octanol–water partition coefficient (Wildman–Crippen LogP) is 1.69. The van der Waals surface area contributed by atoms with Crippen LogP contribution in [0.5, 0.6) is 5.88 Å². The first-order chi connectivity index (χ1) is 9.07. The number of nitrogens with one attached hydrogen (secondary N) is 1. The second-order valence-electron chi connectivity index (χ2n) is 5.51. The Morgan fingerprint density at radius 1 is 1.42 bits per heavy atom. The molecule has 0 radical (unpaired) electrons. The Labute approximate surface area is 113 Å². The van der Waals surface area contributed by atoms with Crippen molar-refractivity contribution in [1.82, 2.24) is 15.3 Å². The smallest absolute Gasteiger partial charge is 0.243 e. The minimum atomic E-state index is -0.462. The first-order valence-corrected chi connectivity index (χ1v) is 6.68. The average molecular weight is 263 g/mol. The number of Topliss-reactive ketones (excluding diaryl/α,β-unsaturated/α-hetero) is 1. The summed E-state index contributed by atoms with van der Waals surface area (Å²) < 4.78 is 5.14. The van der Waals surface area contributed by atoms with Gasteiger partial charge in [0.05, 0.1) is 7.11 Å². The number of aromatic nitrogens is 2. The molecule has 19 heavy (non-hydrogen) atoms. The lowest BCUT2D eigenvalue weighted by Gasteiger charge is -2.35. The summed E-state index contributed by atoms with van der Waals surface area (Å²) in [6.45, 7) is 5.89. The van der Waals surface area contributed by atoms with E-state index in [-0.39, 0.29) is 5.78 Å². The topological polar surface area (TPSA) is 64.1 Å². The van der Waals surface area contributed by atoms with Crippen LogP contribution in [0.4, 0.5) is 0 Å². The number of methoxy groups -OCH3 is 1. The van der Waals surface area contributed by atoms with Crippen LogP contribution in [-0.4, -0.2) is 36.0 Å². The molecule has 0 aliphatic carbocycles. The fourth-order valence-electron chi connectivity index (χ4n) is 2.59. The van der Waals surface area contributed by atoms with Crippen LogP contribution < -0.4 is 10.1 Å². The lowest BCUT2D eigenvalue weighted by molar-refractivity contribution is 0.0698. The molecule has 0 saturated carbocycles. The van der Waals surface area contributed by atoms with Crippen LogP contribution in [-0.2, 0) is 0 Å². The van der Waals surface area contributed by atoms with E-state index in [1.54, 1.807) is 0 Å². The van der Waals surface area contributed by atoms with Crippen molar-refractivity contribution in [2.45, 2.75) is 26.7 Å². The van der Waals surface area contributed by atoms with Crippen LogP contribution in [0.2, 0.25) is 0 Å². The number of ketones is 1. The van der Waals surface area contributed by atoms with Crippen molar-refractivity contribution in [3.8, 4) is 5.88 Å². The maximum atomic E-state index is 12.7. The Kier molecular flexibility index (Phi) is 4.14. The fourth-order valence-corrected chi connectivity index (χ4v) is 2.59. The Balaban J connectivity index is 2.26. The number of rotatable bonds is 4. The highest BCUT2D eigenvalue weighted by molar-refractivity contribution is 6.00. The van der Waals surface area contributed by atoms with Crippen molar-refractivity contribution in [2.24, 2.45) is 11.3 Å². The molecular formula is C14H21N3O2. The zero-order valence-corrected chi connectivity index (χ0v) is 11.8. The van der Waals surface area contributed by atoms with E-state index in [1.807, 2.05) is 13.8 Å². The van der Waals surface area contributed by atoms with Gasteiger partial charge in [0, 0.05) is 17.8 Å². The molecule has 0 amide bonds. The van der Waals surface area contributed by atoms with Crippen molar-refractivity contribution in [1.29, 1.82) is 0 Å². The molecule has 1 aliphatic rings. The van der Waals surface area contributed by atoms with Crippen molar-refractivity contribution in [2.75, 3.05) is 20.2 Å². The third kappa shape index (κ3) is 2.76. The molecule has 1 N–H and O–H groups in total. The molecule has 0 bridgehead atoms. The normalized spacial score (nSPS) is 20.1. The number of nitrogens with zero attached hydrogens (tertiary/aromatic N) is 2. The molecule has 1 atom stereocenters. The van der Waals surface area contributed by atoms with Crippen LogP contribution in [0.25, 0.3) is 0 Å². The standard InChI is InChI=1S/C14H21N3O2/c1-14(2,10-5-4-6-15-9-10)12(18)11-13(19-3)17-8-7-16-11/h7-8,10,15H,4-6,9H2,1-3H3. The van der Waals surface area contributed by atoms with Crippen molar-refractivity contribution >= 4 is 5.78 Å². The Morgan fingerprint density at radius 2 is 2.16 bits per heavy atom. The van der Waals surface area contributed by atoms with Gasteiger partial charge in [0.25, 0.3) is 0 Å². The molecule has 1 unspecified atom stereocenters. The Hall–Kier alpha value is -1.49. The van der Waals surface area contributed by atoms with Gasteiger partial charge in [-0.3, -0.25) is 4.79 Å². The van der Waals surface area contributed by atoms with E-state index in [9.17, 15) is 4.79 Å². The van der Waals surface area contributed by atoms with E-state index in [0.29, 0.717) is 17.5 Å². The van der Waals surface area contributed by atoms with Gasteiger partial charge in [-0.25, -0.2) is 9.97 Å². The van der Waals surface area contributed by atoms with Crippen LogP contribution in [0, 0.1) is 11.3 Å². The molecule has 104 valence electrons. The maximum absolute atomic E-state index is 12.7. The average Bonchev–Trinajstić information content (AvgIpc) is 2.47. The predicted molar refractivity (Wildman–Crippen MR) is 72.3 cm³/mol. The molecule has 1 aromatic heterocycles. The van der Waals surface area contributed by atoms with E-state index in [2.05, 4.69) is 15.3 Å². The van der Waals surface area contributed by atoms with Crippen molar-refractivity contribution in [3.05, 3.63) is 18.1 Å². The largest absolute Gasteiger partial charge is 0.479 e. The fraction of sp³-hybridized carbons (Fsp3) is 0.643. The minimum Gasteiger partial charge on any atom is -0.479 e. The molecule has 1 aliphatic heterocycles. The van der Waals surface area contributed by atoms with Crippen molar-refractivity contribution < 1.29 is 9.53 Å². The second-order valence-corrected chi connectivity index (χ2v) is 5.51. The number of carbonyl (C=O) groups excluding carboxylic acids is 1. The molecule has 5 nitrogen and oxygen atoms in total. The van der Waals surface area contributed by atoms with E-state index < -0.39 is 5.41 Å². The quantitative estimate of drug-likeness (QED) is 0.838. The number of carbonyl (C=O) groups is 1. The highest BCUT2D eigenvalue weighted by atomic mass is 16.5. The molecule has 0 spiro atoms. The second kappa shape index (κ2) is 5.65. The van der Waals surface area contributed by atoms with Crippen LogP contribution in [0.1, 0.15) is 37.2 Å². The third-order valence-electron chi connectivity index (χ3n) is 3.98. The zero-order valence-electron chi connectivity index (χ0n) is 11.8. The summed E-state index contributed by atoms with van der Waals surface area (Å²) in [5.74, 6) is 0.635. The number of hydrogen-bond donors (Lipinski definition) is 1. The molecule has 0 aromatic carbocycles. The molecule has 5 heteroatoms. The first kappa shape index (κ1) is 13.9. The molecule has 1 fully saturated rings. The third-order valence-corrected chi connectivity index (χ3v) is 3.98. The van der Waals surface area contributed by atoms with Crippen molar-refractivity contribution in [3.63, 3.8) is 0 Å². The molecule has 1 aromatic rings. The summed E-state index contributed by atoms with van der Waals surface area (Å²) in [6, 6.07) is 0. The minimum absolute atomic E-state index is 0.00569. The molecular weight excluding hydrogens is 242 g/mol. The summed E-state index contributed by atoms with van der Waals surface area (Å²) in [6.07, 6.45) is 5.24. The van der Waals surface area contributed by atoms with E-state index in [0.717, 1.165) is 25.9 Å². The van der Waals surface area contributed by atoms with E-state index in [1.165, 1.54) is 19.5 Å². The highest BCUT2D eigenvalue weighted by Crippen LogP contribution is 2.35. The molecule has 2 rings (SSSR count). The van der Waals surface area contributed by atoms with Gasteiger partial charge >= 0.3 is 0 Å². The first-order valence-electron chi connectivity index (χ1n) is 6.68. The maximum Gasteiger partial charge on any atom is 0.243 e. The summed E-state index contributed by atoms with van der Waals surface area (Å²) in [4.78, 5) is 20.9. The van der Waals surface area contributed by atoms with Crippen LogP contribution >= 0.6 is 0 Å². The Morgan fingerprint density at radius 3 is 2.79 bits per heavy atom. The van der Waals surface area contributed by atoms with Gasteiger partial charge in [0.2, 0.25) is 5.88 Å². The summed E-state index contributed by atoms with van der Waals surface area (Å²) in [5, 5.41) is 3.36.